The van der Waals surface area contributed by atoms with Crippen molar-refractivity contribution in [3.8, 4) is 5.75 Å². The van der Waals surface area contributed by atoms with Gasteiger partial charge in [-0.2, -0.15) is 13.2 Å². The Labute approximate surface area is 181 Å². The molecule has 0 atom stereocenters. The number of hydrogen-bond donors (Lipinski definition) is 1. The first-order valence-electron chi connectivity index (χ1n) is 10.4. The maximum absolute atomic E-state index is 12.9. The van der Waals surface area contributed by atoms with E-state index in [1.165, 1.54) is 12.1 Å². The number of aromatic nitrogens is 1. The van der Waals surface area contributed by atoms with Crippen molar-refractivity contribution in [1.29, 1.82) is 0 Å². The predicted octanol–water partition coefficient (Wildman–Crippen LogP) is 6.32. The Morgan fingerprint density at radius 3 is 2.26 bits per heavy atom. The van der Waals surface area contributed by atoms with Crippen molar-refractivity contribution in [2.24, 2.45) is 0 Å². The molecule has 31 heavy (non-hydrogen) atoms. The van der Waals surface area contributed by atoms with Gasteiger partial charge in [0, 0.05) is 19.3 Å². The first kappa shape index (κ1) is 22.7. The molecule has 0 saturated carbocycles. The second-order valence-electron chi connectivity index (χ2n) is 7.77. The van der Waals surface area contributed by atoms with E-state index in [4.69, 9.17) is 0 Å². The highest BCUT2D eigenvalue weighted by atomic mass is 19.4. The maximum Gasteiger partial charge on any atom is 0.416 e. The SMILES string of the molecule is CCCc1cc(CCN(Cc2ccc(C(F)(F)F)cc2)c2ccc(C)cn2)ccc1O. The number of phenols is 1. The van der Waals surface area contributed by atoms with E-state index in [0.717, 1.165) is 59.5 Å². The molecular weight excluding hydrogens is 401 g/mol. The van der Waals surface area contributed by atoms with Gasteiger partial charge in [0.1, 0.15) is 11.6 Å². The van der Waals surface area contributed by atoms with E-state index >= 15 is 0 Å². The van der Waals surface area contributed by atoms with Crippen LogP contribution in [0.4, 0.5) is 19.0 Å². The van der Waals surface area contributed by atoms with E-state index in [9.17, 15) is 18.3 Å². The minimum atomic E-state index is -4.34. The first-order chi connectivity index (χ1) is 14.8. The molecule has 1 aromatic heterocycles. The van der Waals surface area contributed by atoms with Gasteiger partial charge >= 0.3 is 6.18 Å². The van der Waals surface area contributed by atoms with Crippen molar-refractivity contribution in [1.82, 2.24) is 4.98 Å². The van der Waals surface area contributed by atoms with Crippen LogP contribution in [0, 0.1) is 6.92 Å². The number of aryl methyl sites for hydroxylation is 2. The minimum Gasteiger partial charge on any atom is -0.508 e. The molecule has 164 valence electrons. The monoisotopic (exact) mass is 428 g/mol. The third-order valence-corrected chi connectivity index (χ3v) is 5.21. The van der Waals surface area contributed by atoms with Crippen LogP contribution in [0.3, 0.4) is 0 Å². The number of nitrogens with zero attached hydrogens (tertiary/aromatic N) is 2. The fraction of sp³-hybridized carbons (Fsp3) is 0.320. The zero-order chi connectivity index (χ0) is 22.4. The van der Waals surface area contributed by atoms with Crippen LogP contribution in [0.15, 0.2) is 60.8 Å². The third kappa shape index (κ3) is 6.23. The molecular formula is C25H27F3N2O. The summed E-state index contributed by atoms with van der Waals surface area (Å²) in [4.78, 5) is 6.57. The summed E-state index contributed by atoms with van der Waals surface area (Å²) in [5.41, 5.74) is 3.21. The van der Waals surface area contributed by atoms with Crippen molar-refractivity contribution in [3.05, 3.63) is 88.6 Å². The molecule has 3 nitrogen and oxygen atoms in total. The molecule has 0 unspecified atom stereocenters. The fourth-order valence-electron chi connectivity index (χ4n) is 3.47. The van der Waals surface area contributed by atoms with Gasteiger partial charge in [0.2, 0.25) is 0 Å². The second kappa shape index (κ2) is 9.86. The molecule has 0 fully saturated rings. The Kier molecular flexibility index (Phi) is 7.21. The standard InChI is InChI=1S/C25H27F3N2O/c1-3-4-21-15-19(8-11-23(21)31)13-14-30(24-12-5-18(2)16-29-24)17-20-6-9-22(10-7-20)25(26,27)28/h5-12,15-16,31H,3-4,13-14,17H2,1-2H3. The predicted molar refractivity (Wildman–Crippen MR) is 117 cm³/mol. The van der Waals surface area contributed by atoms with Crippen LogP contribution >= 0.6 is 0 Å². The van der Waals surface area contributed by atoms with E-state index in [2.05, 4.69) is 16.8 Å². The number of rotatable bonds is 8. The second-order valence-corrected chi connectivity index (χ2v) is 7.77. The summed E-state index contributed by atoms with van der Waals surface area (Å²) in [7, 11) is 0. The lowest BCUT2D eigenvalue weighted by Gasteiger charge is -2.24. The van der Waals surface area contributed by atoms with Crippen molar-refractivity contribution in [3.63, 3.8) is 0 Å². The highest BCUT2D eigenvalue weighted by Gasteiger charge is 2.30. The van der Waals surface area contributed by atoms with Gasteiger partial charge in [0.15, 0.2) is 0 Å². The molecule has 0 aliphatic carbocycles. The van der Waals surface area contributed by atoms with Gasteiger partial charge < -0.3 is 10.0 Å². The zero-order valence-electron chi connectivity index (χ0n) is 17.8. The van der Waals surface area contributed by atoms with Crippen LogP contribution in [-0.2, 0) is 25.6 Å². The molecule has 0 amide bonds. The molecule has 6 heteroatoms. The molecule has 1 heterocycles. The van der Waals surface area contributed by atoms with Crippen LogP contribution in [-0.4, -0.2) is 16.6 Å². The average molecular weight is 428 g/mol. The summed E-state index contributed by atoms with van der Waals surface area (Å²) in [5, 5.41) is 10.0. The molecule has 1 N–H and O–H groups in total. The van der Waals surface area contributed by atoms with E-state index in [1.54, 1.807) is 12.3 Å². The Morgan fingerprint density at radius 1 is 0.935 bits per heavy atom. The van der Waals surface area contributed by atoms with Gasteiger partial charge in [0.05, 0.1) is 5.56 Å². The normalized spacial score (nSPS) is 11.5. The third-order valence-electron chi connectivity index (χ3n) is 5.21. The number of pyridine rings is 1. The van der Waals surface area contributed by atoms with Crippen molar-refractivity contribution >= 4 is 5.82 Å². The van der Waals surface area contributed by atoms with Gasteiger partial charge in [-0.05, 0) is 66.3 Å². The number of halogens is 3. The van der Waals surface area contributed by atoms with Gasteiger partial charge in [-0.1, -0.05) is 43.7 Å². The molecule has 3 rings (SSSR count). The van der Waals surface area contributed by atoms with E-state index in [-0.39, 0.29) is 0 Å². The molecule has 0 bridgehead atoms. The zero-order valence-corrected chi connectivity index (χ0v) is 17.8. The molecule has 0 radical (unpaired) electrons. The molecule has 0 spiro atoms. The number of aromatic hydroxyl groups is 1. The van der Waals surface area contributed by atoms with E-state index in [1.807, 2.05) is 31.2 Å². The number of phenolic OH excluding ortho intramolecular Hbond substituents is 1. The average Bonchev–Trinajstić information content (AvgIpc) is 2.74. The fourth-order valence-corrected chi connectivity index (χ4v) is 3.47. The molecule has 2 aromatic carbocycles. The van der Waals surface area contributed by atoms with Crippen LogP contribution in [0.25, 0.3) is 0 Å². The number of hydrogen-bond acceptors (Lipinski definition) is 3. The van der Waals surface area contributed by atoms with Gasteiger partial charge in [0.25, 0.3) is 0 Å². The van der Waals surface area contributed by atoms with Gasteiger partial charge in [-0.15, -0.1) is 0 Å². The first-order valence-corrected chi connectivity index (χ1v) is 10.4. The van der Waals surface area contributed by atoms with Crippen LogP contribution in [0.5, 0.6) is 5.75 Å². The van der Waals surface area contributed by atoms with Crippen molar-refractivity contribution in [2.75, 3.05) is 11.4 Å². The maximum atomic E-state index is 12.9. The van der Waals surface area contributed by atoms with Gasteiger partial charge in [-0.3, -0.25) is 0 Å². The smallest absolute Gasteiger partial charge is 0.416 e. The lowest BCUT2D eigenvalue weighted by molar-refractivity contribution is -0.137. The lowest BCUT2D eigenvalue weighted by Crippen LogP contribution is -2.26. The largest absolute Gasteiger partial charge is 0.508 e. The van der Waals surface area contributed by atoms with E-state index < -0.39 is 11.7 Å². The summed E-state index contributed by atoms with van der Waals surface area (Å²) in [5.74, 6) is 1.09. The summed E-state index contributed by atoms with van der Waals surface area (Å²) in [6.07, 6.45) is -0.0627. The Morgan fingerprint density at radius 2 is 1.65 bits per heavy atom. The quantitative estimate of drug-likeness (QED) is 0.456. The molecule has 3 aromatic rings. The summed E-state index contributed by atoms with van der Waals surface area (Å²) in [6, 6.07) is 14.8. The van der Waals surface area contributed by atoms with Crippen LogP contribution in [0.1, 0.15) is 41.2 Å². The summed E-state index contributed by atoms with van der Waals surface area (Å²) >= 11 is 0. The summed E-state index contributed by atoms with van der Waals surface area (Å²) in [6.45, 7) is 5.13. The Balaban J connectivity index is 1.79. The molecule has 0 aliphatic heterocycles. The highest BCUT2D eigenvalue weighted by molar-refractivity contribution is 5.42. The topological polar surface area (TPSA) is 36.4 Å². The summed E-state index contributed by atoms with van der Waals surface area (Å²) < 4.78 is 38.6. The number of benzene rings is 2. The number of anilines is 1. The van der Waals surface area contributed by atoms with Crippen LogP contribution in [0.2, 0.25) is 0 Å². The van der Waals surface area contributed by atoms with E-state index in [0.29, 0.717) is 18.8 Å². The van der Waals surface area contributed by atoms with Crippen molar-refractivity contribution in [2.45, 2.75) is 45.8 Å². The minimum absolute atomic E-state index is 0.312. The van der Waals surface area contributed by atoms with Crippen LogP contribution < -0.4 is 4.90 Å². The number of alkyl halides is 3. The molecule has 0 saturated heterocycles. The molecule has 0 aliphatic rings. The highest BCUT2D eigenvalue weighted by Crippen LogP contribution is 2.29. The lowest BCUT2D eigenvalue weighted by atomic mass is 10.0. The Hall–Kier alpha value is -3.02. The van der Waals surface area contributed by atoms with Gasteiger partial charge in [-0.25, -0.2) is 4.98 Å². The Bertz CT molecular complexity index is 983. The van der Waals surface area contributed by atoms with Crippen molar-refractivity contribution < 1.29 is 18.3 Å².